The van der Waals surface area contributed by atoms with Crippen molar-refractivity contribution in [3.63, 3.8) is 0 Å². The molecular formula is C32H53NO5. The lowest BCUT2D eigenvalue weighted by Crippen LogP contribution is -2.64. The number of aliphatic hydroxyl groups excluding tert-OH is 1. The van der Waals surface area contributed by atoms with Crippen LogP contribution in [0.1, 0.15) is 98.3 Å². The quantitative estimate of drug-likeness (QED) is 0.170. The minimum absolute atomic E-state index is 0.0237. The number of fused-ring (bicyclic) bond motifs is 7. The van der Waals surface area contributed by atoms with Gasteiger partial charge in [0.1, 0.15) is 6.61 Å². The van der Waals surface area contributed by atoms with Gasteiger partial charge in [-0.15, -0.1) is 0 Å². The molecule has 0 aromatic rings. The molecule has 4 saturated carbocycles. The summed E-state index contributed by atoms with van der Waals surface area (Å²) in [6.45, 7) is 10.4. The van der Waals surface area contributed by atoms with Gasteiger partial charge in [0.05, 0.1) is 11.0 Å². The minimum Gasteiger partial charge on any atom is -0.464 e. The molecule has 4 fully saturated rings. The number of esters is 1. The van der Waals surface area contributed by atoms with Crippen molar-refractivity contribution in [1.29, 1.82) is 0 Å². The fraction of sp³-hybridized carbons (Fsp3) is 0.906. The molecular weight excluding hydrogens is 478 g/mol. The van der Waals surface area contributed by atoms with Gasteiger partial charge in [0.2, 0.25) is 0 Å². The highest BCUT2D eigenvalue weighted by atomic mass is 16.5. The SMILES string of the molecule is CNCCOC(=O)C12CCC(C)CC1C1=CCC3C(C)(CCC4C3(C)CCC(CC(O)O)[C@@]4(C)O)C1CC2. The van der Waals surface area contributed by atoms with Gasteiger partial charge in [-0.05, 0) is 125 Å². The average Bonchev–Trinajstić information content (AvgIpc) is 2.85. The molecule has 0 aliphatic heterocycles. The molecule has 0 aromatic carbocycles. The molecule has 5 rings (SSSR count). The van der Waals surface area contributed by atoms with E-state index in [1.54, 1.807) is 5.57 Å². The molecule has 38 heavy (non-hydrogen) atoms. The lowest BCUT2D eigenvalue weighted by atomic mass is 9.37. The number of nitrogens with one attached hydrogen (secondary N) is 1. The number of carbonyl (C=O) groups is 1. The van der Waals surface area contributed by atoms with Crippen molar-refractivity contribution >= 4 is 5.97 Å². The highest BCUT2D eigenvalue weighted by Gasteiger charge is 2.66. The minimum atomic E-state index is -1.37. The number of ether oxygens (including phenoxy) is 1. The summed E-state index contributed by atoms with van der Waals surface area (Å²) in [6.07, 6.45) is 11.5. The Labute approximate surface area is 230 Å². The van der Waals surface area contributed by atoms with Crippen molar-refractivity contribution < 1.29 is 24.9 Å². The molecule has 0 radical (unpaired) electrons. The number of hydrogen-bond donors (Lipinski definition) is 4. The van der Waals surface area contributed by atoms with Gasteiger partial charge >= 0.3 is 5.97 Å². The van der Waals surface area contributed by atoms with Crippen molar-refractivity contribution in [1.82, 2.24) is 5.32 Å². The van der Waals surface area contributed by atoms with E-state index >= 15 is 0 Å². The zero-order chi connectivity index (χ0) is 27.5. The summed E-state index contributed by atoms with van der Waals surface area (Å²) in [7, 11) is 1.89. The molecule has 0 heterocycles. The van der Waals surface area contributed by atoms with Gasteiger partial charge in [0.15, 0.2) is 6.29 Å². The number of carbonyl (C=O) groups excluding carboxylic acids is 1. The molecule has 0 aromatic heterocycles. The summed E-state index contributed by atoms with van der Waals surface area (Å²) in [6, 6.07) is 0. The molecule has 0 bridgehead atoms. The van der Waals surface area contributed by atoms with E-state index < -0.39 is 11.9 Å². The first kappa shape index (κ1) is 28.6. The Kier molecular flexibility index (Phi) is 7.63. The van der Waals surface area contributed by atoms with Crippen LogP contribution in [-0.2, 0) is 9.53 Å². The zero-order valence-corrected chi connectivity index (χ0v) is 24.5. The fourth-order valence-corrected chi connectivity index (χ4v) is 10.9. The van der Waals surface area contributed by atoms with Gasteiger partial charge in [-0.3, -0.25) is 4.79 Å². The van der Waals surface area contributed by atoms with E-state index in [0.29, 0.717) is 36.8 Å². The second-order valence-corrected chi connectivity index (χ2v) is 14.7. The van der Waals surface area contributed by atoms with Crippen LogP contribution in [0.2, 0.25) is 0 Å². The average molecular weight is 532 g/mol. The van der Waals surface area contributed by atoms with Gasteiger partial charge in [0.25, 0.3) is 0 Å². The van der Waals surface area contributed by atoms with Crippen LogP contribution in [0.3, 0.4) is 0 Å². The van der Waals surface area contributed by atoms with Crippen molar-refractivity contribution in [3.05, 3.63) is 11.6 Å². The van der Waals surface area contributed by atoms with Crippen molar-refractivity contribution in [2.24, 2.45) is 51.8 Å². The molecule has 9 unspecified atom stereocenters. The molecule has 6 heteroatoms. The highest BCUT2D eigenvalue weighted by molar-refractivity contribution is 5.78. The van der Waals surface area contributed by atoms with Crippen LogP contribution >= 0.6 is 0 Å². The first-order valence-electron chi connectivity index (χ1n) is 15.5. The Hall–Kier alpha value is -0.950. The summed E-state index contributed by atoms with van der Waals surface area (Å²) < 4.78 is 5.88. The number of allylic oxidation sites excluding steroid dienone is 2. The van der Waals surface area contributed by atoms with Crippen molar-refractivity contribution in [3.8, 4) is 0 Å². The maximum absolute atomic E-state index is 13.6. The maximum atomic E-state index is 13.6. The van der Waals surface area contributed by atoms with Gasteiger partial charge in [-0.25, -0.2) is 0 Å². The number of rotatable bonds is 6. The van der Waals surface area contributed by atoms with E-state index in [1.165, 1.54) is 0 Å². The lowest BCUT2D eigenvalue weighted by molar-refractivity contribution is -0.217. The normalized spacial score (nSPS) is 48.3. The Morgan fingerprint density at radius 3 is 2.45 bits per heavy atom. The van der Waals surface area contributed by atoms with Gasteiger partial charge < -0.3 is 25.4 Å². The molecule has 5 aliphatic carbocycles. The number of likely N-dealkylation sites (N-methyl/N-ethyl adjacent to an activating group) is 1. The van der Waals surface area contributed by atoms with E-state index in [9.17, 15) is 20.1 Å². The third kappa shape index (κ3) is 4.31. The van der Waals surface area contributed by atoms with Gasteiger partial charge in [-0.2, -0.15) is 0 Å². The molecule has 0 saturated heterocycles. The van der Waals surface area contributed by atoms with Gasteiger partial charge in [-0.1, -0.05) is 32.4 Å². The zero-order valence-electron chi connectivity index (χ0n) is 24.5. The third-order valence-electron chi connectivity index (χ3n) is 12.9. The van der Waals surface area contributed by atoms with Crippen LogP contribution < -0.4 is 5.32 Å². The van der Waals surface area contributed by atoms with Crippen LogP contribution in [0.25, 0.3) is 0 Å². The first-order valence-corrected chi connectivity index (χ1v) is 15.5. The first-order chi connectivity index (χ1) is 17.9. The largest absolute Gasteiger partial charge is 0.464 e. The smallest absolute Gasteiger partial charge is 0.312 e. The van der Waals surface area contributed by atoms with Crippen LogP contribution in [0, 0.1) is 51.8 Å². The summed E-state index contributed by atoms with van der Waals surface area (Å²) in [5.74, 6) is 2.03. The Morgan fingerprint density at radius 1 is 1.03 bits per heavy atom. The highest BCUT2D eigenvalue weighted by Crippen LogP contribution is 2.71. The maximum Gasteiger partial charge on any atom is 0.312 e. The summed E-state index contributed by atoms with van der Waals surface area (Å²) in [5, 5.41) is 34.3. The summed E-state index contributed by atoms with van der Waals surface area (Å²) in [5.41, 5.74) is 0.491. The molecule has 0 spiro atoms. The summed E-state index contributed by atoms with van der Waals surface area (Å²) in [4.78, 5) is 13.6. The van der Waals surface area contributed by atoms with E-state index in [2.05, 4.69) is 32.2 Å². The second kappa shape index (κ2) is 10.2. The lowest BCUT2D eigenvalue weighted by Gasteiger charge is -2.67. The number of aliphatic hydroxyl groups is 3. The van der Waals surface area contributed by atoms with Crippen LogP contribution in [0.4, 0.5) is 0 Å². The molecule has 0 amide bonds. The van der Waals surface area contributed by atoms with Crippen molar-refractivity contribution in [2.45, 2.75) is 110 Å². The Bertz CT molecular complexity index is 931. The fourth-order valence-electron chi connectivity index (χ4n) is 10.9. The van der Waals surface area contributed by atoms with Crippen molar-refractivity contribution in [2.75, 3.05) is 20.2 Å². The molecule has 10 atom stereocenters. The van der Waals surface area contributed by atoms with E-state index in [0.717, 1.165) is 64.2 Å². The Morgan fingerprint density at radius 2 is 1.74 bits per heavy atom. The Balaban J connectivity index is 1.45. The third-order valence-corrected chi connectivity index (χ3v) is 12.9. The van der Waals surface area contributed by atoms with Crippen LogP contribution in [-0.4, -0.2) is 53.4 Å². The predicted octanol–water partition coefficient (Wildman–Crippen LogP) is 4.81. The van der Waals surface area contributed by atoms with Gasteiger partial charge in [0, 0.05) is 13.0 Å². The van der Waals surface area contributed by atoms with E-state index in [4.69, 9.17) is 4.74 Å². The molecule has 5 aliphatic rings. The molecule has 4 N–H and O–H groups in total. The predicted molar refractivity (Wildman–Crippen MR) is 148 cm³/mol. The van der Waals surface area contributed by atoms with Crippen LogP contribution in [0.5, 0.6) is 0 Å². The second-order valence-electron chi connectivity index (χ2n) is 14.7. The standard InChI is InChI=1S/C32H53NO5/c1-20-8-14-32(28(36)38-17-16-33-5)15-10-23-22(24(32)18-20)6-7-25-29(23,2)13-11-26-30(25,3)12-9-21(19-27(34)35)31(26,4)37/h6,20-21,23-27,33-35,37H,7-19H2,1-5H3/t20?,21?,23?,24?,25?,26?,29?,30?,31-,32?/m1/s1. The monoisotopic (exact) mass is 531 g/mol. The number of hydrogen-bond acceptors (Lipinski definition) is 6. The van der Waals surface area contributed by atoms with E-state index in [1.807, 2.05) is 14.0 Å². The summed E-state index contributed by atoms with van der Waals surface area (Å²) >= 11 is 0. The molecule has 6 nitrogen and oxygen atoms in total. The van der Waals surface area contributed by atoms with Crippen LogP contribution in [0.15, 0.2) is 11.6 Å². The topological polar surface area (TPSA) is 99.0 Å². The molecule has 216 valence electrons. The van der Waals surface area contributed by atoms with E-state index in [-0.39, 0.29) is 40.5 Å².